The summed E-state index contributed by atoms with van der Waals surface area (Å²) in [5.74, 6) is 0.253. The molecule has 3 aromatic carbocycles. The molecule has 0 saturated heterocycles. The van der Waals surface area contributed by atoms with Crippen LogP contribution in [0.5, 0.6) is 0 Å². The highest BCUT2D eigenvalue weighted by Gasteiger charge is 2.09. The van der Waals surface area contributed by atoms with E-state index in [-0.39, 0.29) is 0 Å². The van der Waals surface area contributed by atoms with Crippen LogP contribution < -0.4 is 16.2 Å². The van der Waals surface area contributed by atoms with Crippen LogP contribution in [-0.2, 0) is 5.75 Å². The van der Waals surface area contributed by atoms with Crippen LogP contribution in [0, 0.1) is 0 Å². The van der Waals surface area contributed by atoms with E-state index in [1.165, 1.54) is 11.8 Å². The molecule has 4 rings (SSSR count). The molecule has 3 N–H and O–H groups in total. The first-order valence-corrected chi connectivity index (χ1v) is 10.2. The number of oxazole rings is 1. The molecule has 1 heterocycles. The summed E-state index contributed by atoms with van der Waals surface area (Å²) in [7, 11) is 0. The maximum Gasteiger partial charge on any atom is 0.337 e. The Morgan fingerprint density at radius 1 is 0.867 bits per heavy atom. The number of rotatable bonds is 5. The molecule has 0 radical (unpaired) electrons. The number of hydrogen-bond donors (Lipinski definition) is 3. The number of hydrazine groups is 1. The van der Waals surface area contributed by atoms with E-state index in [9.17, 15) is 9.59 Å². The van der Waals surface area contributed by atoms with E-state index in [1.807, 2.05) is 42.5 Å². The Balaban J connectivity index is 1.27. The lowest BCUT2D eigenvalue weighted by atomic mass is 10.1. The van der Waals surface area contributed by atoms with Gasteiger partial charge in [-0.05, 0) is 42.0 Å². The average molecular weight is 418 g/mol. The number of para-hydroxylation sites is 3. The normalized spacial score (nSPS) is 10.5. The van der Waals surface area contributed by atoms with Gasteiger partial charge in [-0.15, -0.1) is 0 Å². The number of amides is 3. The van der Waals surface area contributed by atoms with Crippen LogP contribution in [0.3, 0.4) is 0 Å². The molecule has 7 nitrogen and oxygen atoms in total. The maximum atomic E-state index is 12.2. The molecule has 0 spiro atoms. The molecular weight excluding hydrogens is 400 g/mol. The number of benzene rings is 3. The van der Waals surface area contributed by atoms with E-state index in [1.54, 1.807) is 36.4 Å². The standard InChI is InChI=1S/C22H18N4O3S/c27-20(25-26-21(28)23-17-6-2-1-3-7-17)16-12-10-15(11-13-16)14-30-22-24-18-8-4-5-9-19(18)29-22/h1-13H,14H2,(H,25,27)(H2,23,26,28). The predicted molar refractivity (Wildman–Crippen MR) is 116 cm³/mol. The van der Waals surface area contributed by atoms with Crippen LogP contribution in [-0.4, -0.2) is 16.9 Å². The van der Waals surface area contributed by atoms with Crippen molar-refractivity contribution in [2.24, 2.45) is 0 Å². The van der Waals surface area contributed by atoms with Crippen LogP contribution in [0.4, 0.5) is 10.5 Å². The van der Waals surface area contributed by atoms with E-state index >= 15 is 0 Å². The van der Waals surface area contributed by atoms with Crippen LogP contribution in [0.25, 0.3) is 11.1 Å². The molecule has 1 aromatic heterocycles. The fourth-order valence-corrected chi connectivity index (χ4v) is 3.47. The van der Waals surface area contributed by atoms with Gasteiger partial charge in [-0.2, -0.15) is 0 Å². The Morgan fingerprint density at radius 3 is 2.37 bits per heavy atom. The smallest absolute Gasteiger partial charge is 0.337 e. The fraction of sp³-hybridized carbons (Fsp3) is 0.0455. The zero-order valence-corrected chi connectivity index (χ0v) is 16.6. The molecule has 30 heavy (non-hydrogen) atoms. The summed E-state index contributed by atoms with van der Waals surface area (Å²) >= 11 is 1.48. The van der Waals surface area contributed by atoms with Crippen molar-refractivity contribution in [3.8, 4) is 0 Å². The van der Waals surface area contributed by atoms with Crippen molar-refractivity contribution in [1.82, 2.24) is 15.8 Å². The highest BCUT2D eigenvalue weighted by Crippen LogP contribution is 2.26. The molecule has 4 aromatic rings. The number of carbonyl (C=O) groups is 2. The molecule has 0 aliphatic rings. The van der Waals surface area contributed by atoms with Gasteiger partial charge < -0.3 is 9.73 Å². The van der Waals surface area contributed by atoms with Gasteiger partial charge >= 0.3 is 6.03 Å². The second kappa shape index (κ2) is 9.15. The summed E-state index contributed by atoms with van der Waals surface area (Å²) in [6, 6.07) is 23.2. The number of urea groups is 1. The Kier molecular flexibility index (Phi) is 5.95. The van der Waals surface area contributed by atoms with Gasteiger partial charge in [0.1, 0.15) is 5.52 Å². The Morgan fingerprint density at radius 2 is 1.60 bits per heavy atom. The van der Waals surface area contributed by atoms with Crippen molar-refractivity contribution >= 4 is 40.5 Å². The van der Waals surface area contributed by atoms with Gasteiger partial charge in [-0.1, -0.05) is 54.2 Å². The van der Waals surface area contributed by atoms with Gasteiger partial charge in [-0.25, -0.2) is 15.2 Å². The number of fused-ring (bicyclic) bond motifs is 1. The van der Waals surface area contributed by atoms with Crippen molar-refractivity contribution in [1.29, 1.82) is 0 Å². The summed E-state index contributed by atoms with van der Waals surface area (Å²) in [5, 5.41) is 3.22. The van der Waals surface area contributed by atoms with Crippen LogP contribution in [0.1, 0.15) is 15.9 Å². The lowest BCUT2D eigenvalue weighted by Gasteiger charge is -2.09. The molecule has 0 aliphatic heterocycles. The third-order valence-corrected chi connectivity index (χ3v) is 5.07. The minimum absolute atomic E-state index is 0.406. The fourth-order valence-electron chi connectivity index (χ4n) is 2.68. The Hall–Kier alpha value is -3.78. The average Bonchev–Trinajstić information content (AvgIpc) is 3.20. The SMILES string of the molecule is O=C(NNC(=O)c1ccc(CSc2nc3ccccc3o2)cc1)Nc1ccccc1. The van der Waals surface area contributed by atoms with Crippen LogP contribution in [0.15, 0.2) is 88.5 Å². The van der Waals surface area contributed by atoms with Crippen LogP contribution >= 0.6 is 11.8 Å². The minimum atomic E-state index is -0.527. The van der Waals surface area contributed by atoms with E-state index in [4.69, 9.17) is 4.42 Å². The first-order valence-electron chi connectivity index (χ1n) is 9.17. The van der Waals surface area contributed by atoms with Crippen molar-refractivity contribution in [2.75, 3.05) is 5.32 Å². The first kappa shape index (κ1) is 19.5. The molecule has 0 saturated carbocycles. The molecular formula is C22H18N4O3S. The number of nitrogens with one attached hydrogen (secondary N) is 3. The first-order chi connectivity index (χ1) is 14.7. The monoisotopic (exact) mass is 418 g/mol. The molecule has 0 aliphatic carbocycles. The van der Waals surface area contributed by atoms with Gasteiger partial charge in [0.25, 0.3) is 11.1 Å². The second-order valence-corrected chi connectivity index (χ2v) is 7.26. The van der Waals surface area contributed by atoms with Gasteiger partial charge in [0.05, 0.1) is 0 Å². The van der Waals surface area contributed by atoms with E-state index < -0.39 is 11.9 Å². The second-order valence-electron chi connectivity index (χ2n) is 6.33. The highest BCUT2D eigenvalue weighted by molar-refractivity contribution is 7.98. The Bertz CT molecular complexity index is 1130. The Labute approximate surface area is 176 Å². The molecule has 0 fully saturated rings. The maximum absolute atomic E-state index is 12.2. The molecule has 0 unspecified atom stereocenters. The molecule has 0 bridgehead atoms. The number of thioether (sulfide) groups is 1. The number of anilines is 1. The van der Waals surface area contributed by atoms with Crippen molar-refractivity contribution in [2.45, 2.75) is 11.0 Å². The van der Waals surface area contributed by atoms with Crippen LogP contribution in [0.2, 0.25) is 0 Å². The number of carbonyl (C=O) groups excluding carboxylic acids is 2. The van der Waals surface area contributed by atoms with Crippen molar-refractivity contribution in [3.63, 3.8) is 0 Å². The van der Waals surface area contributed by atoms with E-state index in [2.05, 4.69) is 21.2 Å². The summed E-state index contributed by atoms with van der Waals surface area (Å²) in [6.45, 7) is 0. The molecule has 8 heteroatoms. The number of hydrogen-bond acceptors (Lipinski definition) is 5. The lowest BCUT2D eigenvalue weighted by Crippen LogP contribution is -2.43. The summed E-state index contributed by atoms with van der Waals surface area (Å²) in [5.41, 5.74) is 8.39. The third-order valence-electron chi connectivity index (χ3n) is 4.17. The summed E-state index contributed by atoms with van der Waals surface area (Å²) < 4.78 is 5.69. The van der Waals surface area contributed by atoms with Gasteiger partial charge in [0, 0.05) is 17.0 Å². The largest absolute Gasteiger partial charge is 0.431 e. The third kappa shape index (κ3) is 4.98. The number of aromatic nitrogens is 1. The van der Waals surface area contributed by atoms with E-state index in [0.717, 1.165) is 16.7 Å². The lowest BCUT2D eigenvalue weighted by molar-refractivity contribution is 0.0938. The number of nitrogens with zero attached hydrogens (tertiary/aromatic N) is 1. The quantitative estimate of drug-likeness (QED) is 0.325. The molecule has 150 valence electrons. The van der Waals surface area contributed by atoms with Gasteiger partial charge in [-0.3, -0.25) is 10.2 Å². The van der Waals surface area contributed by atoms with Gasteiger partial charge in [0.2, 0.25) is 0 Å². The summed E-state index contributed by atoms with van der Waals surface area (Å²) in [6.07, 6.45) is 0. The molecule has 0 atom stereocenters. The van der Waals surface area contributed by atoms with Gasteiger partial charge in [0.15, 0.2) is 5.58 Å². The van der Waals surface area contributed by atoms with E-state index in [0.29, 0.717) is 22.2 Å². The topological polar surface area (TPSA) is 96.3 Å². The predicted octanol–water partition coefficient (Wildman–Crippen LogP) is 4.59. The zero-order chi connectivity index (χ0) is 20.8. The van der Waals surface area contributed by atoms with Crippen molar-refractivity contribution in [3.05, 3.63) is 90.0 Å². The molecule has 3 amide bonds. The van der Waals surface area contributed by atoms with Crippen molar-refractivity contribution < 1.29 is 14.0 Å². The summed E-state index contributed by atoms with van der Waals surface area (Å²) in [4.78, 5) is 28.5. The minimum Gasteiger partial charge on any atom is -0.431 e. The zero-order valence-electron chi connectivity index (χ0n) is 15.8. The highest BCUT2D eigenvalue weighted by atomic mass is 32.2.